The Morgan fingerprint density at radius 3 is 2.54 bits per heavy atom. The van der Waals surface area contributed by atoms with Gasteiger partial charge in [-0.1, -0.05) is 31.5 Å². The van der Waals surface area contributed by atoms with Crippen LogP contribution in [0.4, 0.5) is 0 Å². The van der Waals surface area contributed by atoms with Crippen LogP contribution in [-0.2, 0) is 24.2 Å². The molecule has 2 rings (SSSR count). The summed E-state index contributed by atoms with van der Waals surface area (Å²) in [4.78, 5) is 36.7. The van der Waals surface area contributed by atoms with Crippen molar-refractivity contribution in [3.05, 3.63) is 35.4 Å². The van der Waals surface area contributed by atoms with Crippen molar-refractivity contribution >= 4 is 27.6 Å². The largest absolute Gasteiger partial charge is 0.454 e. The summed E-state index contributed by atoms with van der Waals surface area (Å²) < 4.78 is 27.9. The van der Waals surface area contributed by atoms with E-state index in [9.17, 15) is 22.8 Å². The highest BCUT2D eigenvalue weighted by Gasteiger charge is 2.30. The van der Waals surface area contributed by atoms with Crippen LogP contribution in [0.25, 0.3) is 0 Å². The number of rotatable bonds is 7. The van der Waals surface area contributed by atoms with Crippen LogP contribution < -0.4 is 10.6 Å². The van der Waals surface area contributed by atoms with Gasteiger partial charge in [0.05, 0.1) is 11.5 Å². The van der Waals surface area contributed by atoms with Gasteiger partial charge in [-0.15, -0.1) is 0 Å². The van der Waals surface area contributed by atoms with Gasteiger partial charge in [-0.05, 0) is 31.4 Å². The molecule has 0 spiro atoms. The summed E-state index contributed by atoms with van der Waals surface area (Å²) in [6, 6.07) is 5.60. The highest BCUT2D eigenvalue weighted by molar-refractivity contribution is 7.91. The molecule has 1 aliphatic rings. The van der Waals surface area contributed by atoms with Crippen molar-refractivity contribution in [3.63, 3.8) is 0 Å². The number of carbonyl (C=O) groups is 3. The molecule has 0 aromatic heterocycles. The van der Waals surface area contributed by atoms with E-state index >= 15 is 0 Å². The standard InChI is InChI=1S/C19H26N2O6S/c1-12(2)17(21-18(23)14-6-4-5-13(3)9-14)19(24)27-10-16(22)20-15-7-8-28(25,26)11-15/h4-6,9,12,15,17H,7-8,10-11H2,1-3H3,(H,20,22)(H,21,23)/t15-,17+/m0/s1. The van der Waals surface area contributed by atoms with Crippen LogP contribution in [0.1, 0.15) is 36.2 Å². The topological polar surface area (TPSA) is 119 Å². The summed E-state index contributed by atoms with van der Waals surface area (Å²) in [7, 11) is -3.11. The van der Waals surface area contributed by atoms with E-state index in [-0.39, 0.29) is 17.4 Å². The molecule has 28 heavy (non-hydrogen) atoms. The average Bonchev–Trinajstić information content (AvgIpc) is 2.95. The van der Waals surface area contributed by atoms with E-state index in [1.54, 1.807) is 32.0 Å². The summed E-state index contributed by atoms with van der Waals surface area (Å²) in [5, 5.41) is 5.19. The minimum Gasteiger partial charge on any atom is -0.454 e. The maximum Gasteiger partial charge on any atom is 0.329 e. The van der Waals surface area contributed by atoms with Crippen LogP contribution in [0.15, 0.2) is 24.3 Å². The number of esters is 1. The second-order valence-corrected chi connectivity index (χ2v) is 9.57. The Bertz CT molecular complexity index is 850. The normalized spacial score (nSPS) is 19.1. The minimum atomic E-state index is -3.11. The van der Waals surface area contributed by atoms with Gasteiger partial charge in [0.1, 0.15) is 6.04 Å². The zero-order chi connectivity index (χ0) is 20.9. The Morgan fingerprint density at radius 2 is 1.96 bits per heavy atom. The quantitative estimate of drug-likeness (QED) is 0.636. The van der Waals surface area contributed by atoms with Crippen molar-refractivity contribution in [2.75, 3.05) is 18.1 Å². The molecule has 2 N–H and O–H groups in total. The first-order valence-corrected chi connectivity index (χ1v) is 10.9. The molecule has 1 aliphatic heterocycles. The van der Waals surface area contributed by atoms with E-state index in [1.807, 2.05) is 13.0 Å². The Balaban J connectivity index is 1.88. The van der Waals surface area contributed by atoms with E-state index in [2.05, 4.69) is 10.6 Å². The molecular weight excluding hydrogens is 384 g/mol. The molecule has 2 amide bonds. The predicted octanol–water partition coefficient (Wildman–Crippen LogP) is 0.596. The number of nitrogens with one attached hydrogen (secondary N) is 2. The van der Waals surface area contributed by atoms with E-state index < -0.39 is 46.3 Å². The summed E-state index contributed by atoms with van der Waals surface area (Å²) in [6.07, 6.45) is 0.350. The predicted molar refractivity (Wildman–Crippen MR) is 103 cm³/mol. The summed E-state index contributed by atoms with van der Waals surface area (Å²) in [5.41, 5.74) is 1.35. The number of sulfone groups is 1. The lowest BCUT2D eigenvalue weighted by Crippen LogP contribution is -2.46. The SMILES string of the molecule is Cc1cccc(C(=O)N[C@@H](C(=O)OCC(=O)N[C@H]2CCS(=O)(=O)C2)C(C)C)c1. The first-order valence-electron chi connectivity index (χ1n) is 9.11. The third kappa shape index (κ3) is 6.33. The second-order valence-electron chi connectivity index (χ2n) is 7.34. The molecule has 1 aromatic carbocycles. The van der Waals surface area contributed by atoms with Crippen molar-refractivity contribution in [2.24, 2.45) is 5.92 Å². The van der Waals surface area contributed by atoms with Gasteiger partial charge < -0.3 is 15.4 Å². The van der Waals surface area contributed by atoms with Gasteiger partial charge in [-0.2, -0.15) is 0 Å². The van der Waals surface area contributed by atoms with Gasteiger partial charge in [0.2, 0.25) is 0 Å². The zero-order valence-electron chi connectivity index (χ0n) is 16.2. The third-order valence-electron chi connectivity index (χ3n) is 4.43. The fourth-order valence-corrected chi connectivity index (χ4v) is 4.59. The number of benzene rings is 1. The summed E-state index contributed by atoms with van der Waals surface area (Å²) >= 11 is 0. The maximum absolute atomic E-state index is 12.4. The van der Waals surface area contributed by atoms with Crippen molar-refractivity contribution in [1.82, 2.24) is 10.6 Å². The molecule has 8 nitrogen and oxygen atoms in total. The Hall–Kier alpha value is -2.42. The van der Waals surface area contributed by atoms with Crippen molar-refractivity contribution in [3.8, 4) is 0 Å². The number of aryl methyl sites for hydroxylation is 1. The van der Waals surface area contributed by atoms with E-state index in [1.165, 1.54) is 0 Å². The smallest absolute Gasteiger partial charge is 0.329 e. The molecule has 1 heterocycles. The molecule has 2 atom stereocenters. The molecule has 1 aromatic rings. The number of hydrogen-bond donors (Lipinski definition) is 2. The number of carbonyl (C=O) groups excluding carboxylic acids is 3. The number of amides is 2. The molecule has 1 saturated heterocycles. The van der Waals surface area contributed by atoms with Crippen molar-refractivity contribution in [1.29, 1.82) is 0 Å². The molecule has 0 unspecified atom stereocenters. The van der Waals surface area contributed by atoms with Crippen LogP contribution in [0.5, 0.6) is 0 Å². The molecule has 154 valence electrons. The Morgan fingerprint density at radius 1 is 1.25 bits per heavy atom. The third-order valence-corrected chi connectivity index (χ3v) is 6.20. The Labute approximate surface area is 164 Å². The van der Waals surface area contributed by atoms with Gasteiger partial charge in [0, 0.05) is 11.6 Å². The first-order chi connectivity index (χ1) is 13.1. The molecule has 9 heteroatoms. The molecular formula is C19H26N2O6S. The van der Waals surface area contributed by atoms with Crippen LogP contribution in [0, 0.1) is 12.8 Å². The Kier molecular flexibility index (Phi) is 7.17. The second kappa shape index (κ2) is 9.18. The van der Waals surface area contributed by atoms with Crippen molar-refractivity contribution < 1.29 is 27.5 Å². The zero-order valence-corrected chi connectivity index (χ0v) is 17.0. The number of ether oxygens (including phenoxy) is 1. The lowest BCUT2D eigenvalue weighted by Gasteiger charge is -2.21. The highest BCUT2D eigenvalue weighted by Crippen LogP contribution is 2.11. The van der Waals surface area contributed by atoms with Gasteiger partial charge in [0.25, 0.3) is 11.8 Å². The highest BCUT2D eigenvalue weighted by atomic mass is 32.2. The summed E-state index contributed by atoms with van der Waals surface area (Å²) in [5.74, 6) is -2.00. The fourth-order valence-electron chi connectivity index (χ4n) is 2.91. The van der Waals surface area contributed by atoms with Gasteiger partial charge >= 0.3 is 5.97 Å². The monoisotopic (exact) mass is 410 g/mol. The van der Waals surface area contributed by atoms with Crippen LogP contribution in [0.2, 0.25) is 0 Å². The van der Waals surface area contributed by atoms with Crippen molar-refractivity contribution in [2.45, 2.75) is 39.3 Å². The van der Waals surface area contributed by atoms with E-state index in [0.717, 1.165) is 5.56 Å². The average molecular weight is 410 g/mol. The van der Waals surface area contributed by atoms with E-state index in [4.69, 9.17) is 4.74 Å². The molecule has 0 bridgehead atoms. The lowest BCUT2D eigenvalue weighted by molar-refractivity contribution is -0.151. The molecule has 0 saturated carbocycles. The fraction of sp³-hybridized carbons (Fsp3) is 0.526. The van der Waals surface area contributed by atoms with Crippen LogP contribution in [-0.4, -0.2) is 56.4 Å². The number of hydrogen-bond acceptors (Lipinski definition) is 6. The first kappa shape index (κ1) is 21.9. The lowest BCUT2D eigenvalue weighted by atomic mass is 10.0. The van der Waals surface area contributed by atoms with E-state index in [0.29, 0.717) is 12.0 Å². The molecule has 1 fully saturated rings. The van der Waals surface area contributed by atoms with Gasteiger partial charge in [-0.3, -0.25) is 9.59 Å². The summed E-state index contributed by atoms with van der Waals surface area (Å²) in [6.45, 7) is 4.84. The minimum absolute atomic E-state index is 0.0398. The van der Waals surface area contributed by atoms with Gasteiger partial charge in [-0.25, -0.2) is 13.2 Å². The molecule has 0 aliphatic carbocycles. The van der Waals surface area contributed by atoms with Crippen LogP contribution >= 0.6 is 0 Å². The molecule has 0 radical (unpaired) electrons. The maximum atomic E-state index is 12.4. The van der Waals surface area contributed by atoms with Gasteiger partial charge in [0.15, 0.2) is 16.4 Å². The van der Waals surface area contributed by atoms with Crippen LogP contribution in [0.3, 0.4) is 0 Å².